The normalized spacial score (nSPS) is 16.2. The second-order valence-corrected chi connectivity index (χ2v) is 9.71. The Hall–Kier alpha value is -2.09. The summed E-state index contributed by atoms with van der Waals surface area (Å²) in [7, 11) is 0. The van der Waals surface area contributed by atoms with Crippen LogP contribution in [0.15, 0.2) is 42.5 Å². The predicted octanol–water partition coefficient (Wildman–Crippen LogP) is 8.55. The number of hydrogen-bond acceptors (Lipinski definition) is 1. The molecular formula is C29H39NO. The Morgan fingerprint density at radius 1 is 1.00 bits per heavy atom. The van der Waals surface area contributed by atoms with Crippen LogP contribution in [0.5, 0.6) is 0 Å². The van der Waals surface area contributed by atoms with Gasteiger partial charge in [0, 0.05) is 34.8 Å². The Morgan fingerprint density at radius 2 is 1.77 bits per heavy atom. The van der Waals surface area contributed by atoms with Gasteiger partial charge in [-0.1, -0.05) is 95.5 Å². The first-order valence-electron chi connectivity index (χ1n) is 12.8. The Morgan fingerprint density at radius 3 is 2.55 bits per heavy atom. The third-order valence-electron chi connectivity index (χ3n) is 7.58. The van der Waals surface area contributed by atoms with Gasteiger partial charge in [-0.2, -0.15) is 0 Å². The van der Waals surface area contributed by atoms with Crippen LogP contribution in [-0.2, 0) is 6.54 Å². The number of nitrogens with zero attached hydrogens (tertiary/aromatic N) is 1. The molecule has 166 valence electrons. The highest BCUT2D eigenvalue weighted by molar-refractivity contribution is 6.16. The van der Waals surface area contributed by atoms with E-state index in [-0.39, 0.29) is 0 Å². The average Bonchev–Trinajstić information content (AvgIpc) is 3.14. The number of aromatic nitrogens is 1. The van der Waals surface area contributed by atoms with Crippen LogP contribution in [0.2, 0.25) is 0 Å². The molecule has 1 fully saturated rings. The topological polar surface area (TPSA) is 22.0 Å². The van der Waals surface area contributed by atoms with Crippen LogP contribution in [-0.4, -0.2) is 10.4 Å². The van der Waals surface area contributed by atoms with Gasteiger partial charge in [0.2, 0.25) is 0 Å². The summed E-state index contributed by atoms with van der Waals surface area (Å²) < 4.78 is 2.47. The quantitative estimate of drug-likeness (QED) is 0.303. The maximum absolute atomic E-state index is 13.4. The summed E-state index contributed by atoms with van der Waals surface area (Å²) >= 11 is 0. The van der Waals surface area contributed by atoms with E-state index in [1.165, 1.54) is 79.6 Å². The van der Waals surface area contributed by atoms with E-state index >= 15 is 0 Å². The summed E-state index contributed by atoms with van der Waals surface area (Å²) in [5, 5.41) is 2.52. The maximum atomic E-state index is 13.4. The van der Waals surface area contributed by atoms with E-state index in [0.29, 0.717) is 18.1 Å². The van der Waals surface area contributed by atoms with E-state index in [0.717, 1.165) is 24.4 Å². The van der Waals surface area contributed by atoms with Crippen LogP contribution < -0.4 is 0 Å². The number of ketones is 1. The Labute approximate surface area is 188 Å². The van der Waals surface area contributed by atoms with Gasteiger partial charge in [-0.25, -0.2) is 0 Å². The number of carbonyl (C=O) groups is 1. The van der Waals surface area contributed by atoms with Gasteiger partial charge >= 0.3 is 0 Å². The molecule has 1 saturated carbocycles. The molecule has 2 aromatic carbocycles. The highest BCUT2D eigenvalue weighted by Crippen LogP contribution is 2.34. The molecule has 1 atom stereocenters. The first-order valence-corrected chi connectivity index (χ1v) is 12.8. The van der Waals surface area contributed by atoms with Gasteiger partial charge in [0.05, 0.1) is 5.52 Å². The SMILES string of the molecule is CCCCC(CC)Cn1c2ccccc2c2cccc(C(=O)CCC3CCCCC3)c21. The van der Waals surface area contributed by atoms with Crippen LogP contribution in [0.3, 0.4) is 0 Å². The molecule has 0 aliphatic heterocycles. The third kappa shape index (κ3) is 4.89. The molecule has 3 aromatic rings. The van der Waals surface area contributed by atoms with Crippen LogP contribution in [0.4, 0.5) is 0 Å². The summed E-state index contributed by atoms with van der Waals surface area (Å²) in [4.78, 5) is 13.4. The molecule has 1 aliphatic rings. The number of carbonyl (C=O) groups excluding carboxylic acids is 1. The smallest absolute Gasteiger partial charge is 0.165 e. The first-order chi connectivity index (χ1) is 15.2. The molecule has 0 saturated heterocycles. The number of benzene rings is 2. The lowest BCUT2D eigenvalue weighted by Gasteiger charge is -2.21. The van der Waals surface area contributed by atoms with E-state index in [4.69, 9.17) is 0 Å². The Bertz CT molecular complexity index is 1010. The molecule has 0 N–H and O–H groups in total. The summed E-state index contributed by atoms with van der Waals surface area (Å²) in [6, 6.07) is 15.1. The van der Waals surface area contributed by atoms with Crippen molar-refractivity contribution in [3.8, 4) is 0 Å². The Kier molecular flexibility index (Phi) is 7.48. The lowest BCUT2D eigenvalue weighted by Crippen LogP contribution is -2.13. The number of fused-ring (bicyclic) bond motifs is 3. The van der Waals surface area contributed by atoms with E-state index in [9.17, 15) is 4.79 Å². The van der Waals surface area contributed by atoms with Crippen molar-refractivity contribution in [3.63, 3.8) is 0 Å². The molecule has 4 rings (SSSR count). The zero-order valence-electron chi connectivity index (χ0n) is 19.5. The zero-order chi connectivity index (χ0) is 21.6. The molecule has 0 radical (unpaired) electrons. The van der Waals surface area contributed by atoms with E-state index in [1.807, 2.05) is 0 Å². The second kappa shape index (κ2) is 10.5. The highest BCUT2D eigenvalue weighted by Gasteiger charge is 2.21. The number of hydrogen-bond donors (Lipinski definition) is 0. The van der Waals surface area contributed by atoms with Crippen molar-refractivity contribution in [2.24, 2.45) is 11.8 Å². The Balaban J connectivity index is 1.69. The largest absolute Gasteiger partial charge is 0.340 e. The molecule has 2 heteroatoms. The monoisotopic (exact) mass is 417 g/mol. The first kappa shape index (κ1) is 22.1. The molecule has 2 nitrogen and oxygen atoms in total. The van der Waals surface area contributed by atoms with E-state index in [1.54, 1.807) is 0 Å². The van der Waals surface area contributed by atoms with Crippen molar-refractivity contribution < 1.29 is 4.79 Å². The van der Waals surface area contributed by atoms with Crippen molar-refractivity contribution in [2.75, 3.05) is 0 Å². The van der Waals surface area contributed by atoms with Crippen molar-refractivity contribution in [2.45, 2.75) is 91.0 Å². The van der Waals surface area contributed by atoms with Gasteiger partial charge in [-0.3, -0.25) is 4.79 Å². The average molecular weight is 418 g/mol. The minimum atomic E-state index is 0.335. The van der Waals surface area contributed by atoms with E-state index in [2.05, 4.69) is 60.9 Å². The van der Waals surface area contributed by atoms with Gasteiger partial charge in [-0.15, -0.1) is 0 Å². The minimum Gasteiger partial charge on any atom is -0.340 e. The molecule has 0 bridgehead atoms. The van der Waals surface area contributed by atoms with Gasteiger partial charge in [0.25, 0.3) is 0 Å². The summed E-state index contributed by atoms with van der Waals surface area (Å²) in [6.07, 6.45) is 13.4. The van der Waals surface area contributed by atoms with Gasteiger partial charge in [0.1, 0.15) is 0 Å². The van der Waals surface area contributed by atoms with Gasteiger partial charge < -0.3 is 4.57 Å². The second-order valence-electron chi connectivity index (χ2n) is 9.71. The summed E-state index contributed by atoms with van der Waals surface area (Å²) in [5.74, 6) is 1.74. The minimum absolute atomic E-state index is 0.335. The fraction of sp³-hybridized carbons (Fsp3) is 0.552. The van der Waals surface area contributed by atoms with Crippen molar-refractivity contribution in [3.05, 3.63) is 48.0 Å². The summed E-state index contributed by atoms with van der Waals surface area (Å²) in [5.41, 5.74) is 3.39. The summed E-state index contributed by atoms with van der Waals surface area (Å²) in [6.45, 7) is 5.59. The molecular weight excluding hydrogens is 378 g/mol. The van der Waals surface area contributed by atoms with Crippen LogP contribution in [0, 0.1) is 11.8 Å². The molecule has 1 aromatic heterocycles. The van der Waals surface area contributed by atoms with Crippen LogP contribution in [0.1, 0.15) is 94.8 Å². The fourth-order valence-electron chi connectivity index (χ4n) is 5.64. The third-order valence-corrected chi connectivity index (χ3v) is 7.58. The molecule has 1 aliphatic carbocycles. The molecule has 1 heterocycles. The van der Waals surface area contributed by atoms with Gasteiger partial charge in [-0.05, 0) is 36.8 Å². The zero-order valence-corrected chi connectivity index (χ0v) is 19.5. The predicted molar refractivity (Wildman–Crippen MR) is 133 cm³/mol. The lowest BCUT2D eigenvalue weighted by atomic mass is 9.85. The molecule has 0 amide bonds. The van der Waals surface area contributed by atoms with Crippen LogP contribution >= 0.6 is 0 Å². The van der Waals surface area contributed by atoms with E-state index < -0.39 is 0 Å². The molecule has 0 spiro atoms. The standard InChI is InChI=1S/C29H39NO/c1-3-5-12-22(4-2)21-30-27-18-10-9-15-24(27)25-16-11-17-26(29(25)30)28(31)20-19-23-13-7-6-8-14-23/h9-11,15-18,22-23H,3-8,12-14,19-21H2,1-2H3. The highest BCUT2D eigenvalue weighted by atomic mass is 16.1. The maximum Gasteiger partial charge on any atom is 0.165 e. The molecule has 31 heavy (non-hydrogen) atoms. The number of para-hydroxylation sites is 2. The van der Waals surface area contributed by atoms with Gasteiger partial charge in [0.15, 0.2) is 5.78 Å². The number of unbranched alkanes of at least 4 members (excludes halogenated alkanes) is 1. The number of Topliss-reactive ketones (excluding diaryl/α,β-unsaturated/α-hetero) is 1. The van der Waals surface area contributed by atoms with Crippen LogP contribution in [0.25, 0.3) is 21.8 Å². The lowest BCUT2D eigenvalue weighted by molar-refractivity contribution is 0.0971. The van der Waals surface area contributed by atoms with Crippen molar-refractivity contribution >= 4 is 27.6 Å². The number of rotatable bonds is 10. The fourth-order valence-corrected chi connectivity index (χ4v) is 5.64. The van der Waals surface area contributed by atoms with Crippen molar-refractivity contribution in [1.29, 1.82) is 0 Å². The van der Waals surface area contributed by atoms with Crippen molar-refractivity contribution in [1.82, 2.24) is 4.57 Å². The molecule has 1 unspecified atom stereocenters.